The van der Waals surface area contributed by atoms with Crippen molar-refractivity contribution >= 4 is 5.82 Å². The molecule has 5 nitrogen and oxygen atoms in total. The van der Waals surface area contributed by atoms with Crippen LogP contribution in [0.3, 0.4) is 0 Å². The molecule has 2 aromatic rings. The topological polar surface area (TPSA) is 45.2 Å². The monoisotopic (exact) mass is 297 g/mol. The molecule has 2 aromatic heterocycles. The summed E-state index contributed by atoms with van der Waals surface area (Å²) in [4.78, 5) is 9.39. The maximum absolute atomic E-state index is 4.57. The van der Waals surface area contributed by atoms with E-state index in [2.05, 4.69) is 43.2 Å². The van der Waals surface area contributed by atoms with Gasteiger partial charge in [-0.25, -0.2) is 0 Å². The molecule has 5 heteroatoms. The van der Waals surface area contributed by atoms with E-state index in [-0.39, 0.29) is 0 Å². The summed E-state index contributed by atoms with van der Waals surface area (Å²) in [7, 11) is 0. The van der Waals surface area contributed by atoms with Crippen molar-refractivity contribution in [3.63, 3.8) is 0 Å². The van der Waals surface area contributed by atoms with Crippen LogP contribution in [-0.2, 0) is 6.42 Å². The van der Waals surface area contributed by atoms with Crippen LogP contribution in [0.25, 0.3) is 0 Å². The van der Waals surface area contributed by atoms with Crippen LogP contribution in [0.5, 0.6) is 0 Å². The second-order valence-electron chi connectivity index (χ2n) is 5.88. The van der Waals surface area contributed by atoms with Gasteiger partial charge in [-0.2, -0.15) is 5.10 Å². The van der Waals surface area contributed by atoms with Gasteiger partial charge in [0.05, 0.1) is 5.69 Å². The normalized spacial score (nSPS) is 16.0. The molecule has 22 heavy (non-hydrogen) atoms. The number of nitrogens with zero attached hydrogens (tertiary/aromatic N) is 5. The van der Waals surface area contributed by atoms with E-state index in [0.717, 1.165) is 56.4 Å². The summed E-state index contributed by atoms with van der Waals surface area (Å²) in [5.41, 5.74) is 3.25. The van der Waals surface area contributed by atoms with Crippen LogP contribution < -0.4 is 4.90 Å². The Morgan fingerprint density at radius 2 is 1.73 bits per heavy atom. The molecule has 1 fully saturated rings. The largest absolute Gasteiger partial charge is 0.353 e. The average molecular weight is 297 g/mol. The van der Waals surface area contributed by atoms with Crippen LogP contribution >= 0.6 is 0 Å². The summed E-state index contributed by atoms with van der Waals surface area (Å²) >= 11 is 0. The Balaban J connectivity index is 1.48. The highest BCUT2D eigenvalue weighted by Gasteiger charge is 2.18. The first-order chi connectivity index (χ1) is 10.7. The van der Waals surface area contributed by atoms with Gasteiger partial charge in [0.2, 0.25) is 0 Å². The maximum atomic E-state index is 4.57. The second kappa shape index (κ2) is 6.83. The number of rotatable bonds is 4. The summed E-state index contributed by atoms with van der Waals surface area (Å²) in [6.45, 7) is 9.25. The molecule has 116 valence electrons. The minimum Gasteiger partial charge on any atom is -0.353 e. The molecule has 0 saturated carbocycles. The van der Waals surface area contributed by atoms with Crippen LogP contribution in [0.4, 0.5) is 5.82 Å². The van der Waals surface area contributed by atoms with Crippen molar-refractivity contribution in [3.8, 4) is 0 Å². The van der Waals surface area contributed by atoms with E-state index in [4.69, 9.17) is 0 Å². The smallest absolute Gasteiger partial charge is 0.151 e. The molecular weight excluding hydrogens is 274 g/mol. The third kappa shape index (κ3) is 3.80. The molecule has 3 rings (SSSR count). The van der Waals surface area contributed by atoms with Crippen molar-refractivity contribution in [2.45, 2.75) is 20.3 Å². The third-order valence-electron chi connectivity index (χ3n) is 4.11. The summed E-state index contributed by atoms with van der Waals surface area (Å²) < 4.78 is 0. The Labute approximate surface area is 132 Å². The second-order valence-corrected chi connectivity index (χ2v) is 5.88. The predicted molar refractivity (Wildman–Crippen MR) is 88.1 cm³/mol. The van der Waals surface area contributed by atoms with Crippen molar-refractivity contribution in [2.24, 2.45) is 0 Å². The minimum absolute atomic E-state index is 0.966. The predicted octanol–water partition coefficient (Wildman–Crippen LogP) is 1.85. The fourth-order valence-electron chi connectivity index (χ4n) is 2.77. The zero-order chi connectivity index (χ0) is 15.4. The minimum atomic E-state index is 0.966. The van der Waals surface area contributed by atoms with Crippen molar-refractivity contribution in [1.29, 1.82) is 0 Å². The van der Waals surface area contributed by atoms with Crippen LogP contribution in [-0.4, -0.2) is 52.8 Å². The first-order valence-electron chi connectivity index (χ1n) is 7.91. The van der Waals surface area contributed by atoms with E-state index in [1.165, 1.54) is 5.69 Å². The zero-order valence-electron chi connectivity index (χ0n) is 13.4. The lowest BCUT2D eigenvalue weighted by molar-refractivity contribution is 0.259. The number of hydrogen-bond donors (Lipinski definition) is 0. The molecule has 0 amide bonds. The number of aryl methyl sites for hydroxylation is 2. The highest BCUT2D eigenvalue weighted by Crippen LogP contribution is 2.13. The first-order valence-corrected chi connectivity index (χ1v) is 7.91. The molecule has 0 radical (unpaired) electrons. The average Bonchev–Trinajstić information content (AvgIpc) is 2.54. The molecule has 0 N–H and O–H groups in total. The highest BCUT2D eigenvalue weighted by molar-refractivity contribution is 5.37. The van der Waals surface area contributed by atoms with Gasteiger partial charge in [0, 0.05) is 50.5 Å². The molecule has 0 atom stereocenters. The van der Waals surface area contributed by atoms with Crippen molar-refractivity contribution in [1.82, 2.24) is 20.1 Å². The van der Waals surface area contributed by atoms with Gasteiger partial charge in [-0.1, -0.05) is 6.07 Å². The number of aromatic nitrogens is 3. The molecule has 0 aromatic carbocycles. The molecule has 0 unspecified atom stereocenters. The van der Waals surface area contributed by atoms with Gasteiger partial charge < -0.3 is 4.90 Å². The molecule has 3 heterocycles. The first kappa shape index (κ1) is 14.9. The Morgan fingerprint density at radius 1 is 0.909 bits per heavy atom. The maximum Gasteiger partial charge on any atom is 0.151 e. The molecule has 0 aliphatic carbocycles. The molecule has 0 spiro atoms. The van der Waals surface area contributed by atoms with E-state index in [1.807, 2.05) is 26.0 Å². The number of hydrogen-bond acceptors (Lipinski definition) is 5. The fraction of sp³-hybridized carbons (Fsp3) is 0.471. The molecular formula is C17H23N5. The van der Waals surface area contributed by atoms with Crippen LogP contribution in [0.1, 0.15) is 17.1 Å². The Bertz CT molecular complexity index is 603. The van der Waals surface area contributed by atoms with Crippen LogP contribution in [0.2, 0.25) is 0 Å². The SMILES string of the molecule is Cc1ccc(N2CCN(CCc3cccc(C)n3)CC2)nn1. The number of pyridine rings is 1. The number of anilines is 1. The van der Waals surface area contributed by atoms with Crippen LogP contribution in [0, 0.1) is 13.8 Å². The molecule has 1 aliphatic heterocycles. The Kier molecular flexibility index (Phi) is 4.63. The third-order valence-corrected chi connectivity index (χ3v) is 4.11. The van der Waals surface area contributed by atoms with Crippen molar-refractivity contribution in [2.75, 3.05) is 37.6 Å². The van der Waals surface area contributed by atoms with E-state index in [9.17, 15) is 0 Å². The van der Waals surface area contributed by atoms with Gasteiger partial charge in [-0.3, -0.25) is 9.88 Å². The lowest BCUT2D eigenvalue weighted by Crippen LogP contribution is -2.47. The van der Waals surface area contributed by atoms with Crippen molar-refractivity contribution in [3.05, 3.63) is 47.4 Å². The fourth-order valence-corrected chi connectivity index (χ4v) is 2.77. The van der Waals surface area contributed by atoms with E-state index in [1.54, 1.807) is 0 Å². The van der Waals surface area contributed by atoms with Gasteiger partial charge in [-0.05, 0) is 38.1 Å². The van der Waals surface area contributed by atoms with E-state index in [0.29, 0.717) is 0 Å². The summed E-state index contributed by atoms with van der Waals surface area (Å²) in [6, 6.07) is 10.3. The molecule has 1 aliphatic rings. The zero-order valence-corrected chi connectivity index (χ0v) is 13.4. The van der Waals surface area contributed by atoms with Gasteiger partial charge in [0.15, 0.2) is 5.82 Å². The summed E-state index contributed by atoms with van der Waals surface area (Å²) in [5.74, 6) is 0.991. The quantitative estimate of drug-likeness (QED) is 0.862. The van der Waals surface area contributed by atoms with Gasteiger partial charge >= 0.3 is 0 Å². The van der Waals surface area contributed by atoms with E-state index >= 15 is 0 Å². The highest BCUT2D eigenvalue weighted by atomic mass is 15.3. The van der Waals surface area contributed by atoms with Crippen molar-refractivity contribution < 1.29 is 0 Å². The van der Waals surface area contributed by atoms with Gasteiger partial charge in [-0.15, -0.1) is 5.10 Å². The number of piperazine rings is 1. The molecule has 1 saturated heterocycles. The summed E-state index contributed by atoms with van der Waals surface area (Å²) in [5, 5.41) is 8.42. The van der Waals surface area contributed by atoms with Gasteiger partial charge in [0.1, 0.15) is 0 Å². The molecule has 0 bridgehead atoms. The van der Waals surface area contributed by atoms with Gasteiger partial charge in [0.25, 0.3) is 0 Å². The lowest BCUT2D eigenvalue weighted by atomic mass is 10.2. The Hall–Kier alpha value is -2.01. The summed E-state index contributed by atoms with van der Waals surface area (Å²) in [6.07, 6.45) is 1.02. The Morgan fingerprint density at radius 3 is 2.41 bits per heavy atom. The standard InChI is InChI=1S/C17H23N5/c1-14-4-3-5-16(18-14)8-9-21-10-12-22(13-11-21)17-7-6-15(2)19-20-17/h3-7H,8-13H2,1-2H3. The van der Waals surface area contributed by atoms with Crippen LogP contribution in [0.15, 0.2) is 30.3 Å². The lowest BCUT2D eigenvalue weighted by Gasteiger charge is -2.35. The van der Waals surface area contributed by atoms with E-state index < -0.39 is 0 Å².